The lowest BCUT2D eigenvalue weighted by molar-refractivity contribution is -0.131. The monoisotopic (exact) mass is 503 g/mol. The molecule has 1 N–H and O–H groups in total. The van der Waals surface area contributed by atoms with Crippen molar-refractivity contribution < 1.29 is 9.90 Å². The lowest BCUT2D eigenvalue weighted by atomic mass is 9.83. The first kappa shape index (κ1) is 24.2. The van der Waals surface area contributed by atoms with Gasteiger partial charge in [-0.15, -0.1) is 0 Å². The number of aromatic nitrogens is 2. The summed E-state index contributed by atoms with van der Waals surface area (Å²) in [6, 6.07) is 24.7. The molecule has 192 valence electrons. The van der Waals surface area contributed by atoms with Gasteiger partial charge in [-0.1, -0.05) is 54.6 Å². The normalized spacial score (nSPS) is 19.1. The molecule has 1 aliphatic heterocycles. The number of hydrogen-bond donors (Lipinski definition) is 1. The first-order chi connectivity index (χ1) is 18.4. The molecule has 1 saturated carbocycles. The Morgan fingerprint density at radius 1 is 1.03 bits per heavy atom. The van der Waals surface area contributed by atoms with Crippen molar-refractivity contribution in [3.63, 3.8) is 0 Å². The zero-order chi connectivity index (χ0) is 26.2. The molecule has 3 aromatic carbocycles. The first-order valence-electron chi connectivity index (χ1n) is 13.4. The molecule has 0 spiro atoms. The molecule has 1 aliphatic carbocycles. The summed E-state index contributed by atoms with van der Waals surface area (Å²) in [7, 11) is 1.95. The maximum Gasteiger partial charge on any atom is 0.328 e. The first-order valence-corrected chi connectivity index (χ1v) is 13.4. The van der Waals surface area contributed by atoms with Gasteiger partial charge in [0.25, 0.3) is 0 Å². The van der Waals surface area contributed by atoms with Gasteiger partial charge in [0.1, 0.15) is 0 Å². The number of aryl methyl sites for hydroxylation is 1. The summed E-state index contributed by atoms with van der Waals surface area (Å²) in [5.74, 6) is -0.0677. The molecule has 5 nitrogen and oxygen atoms in total. The summed E-state index contributed by atoms with van der Waals surface area (Å²) in [5, 5.41) is 13.4. The highest BCUT2D eigenvalue weighted by molar-refractivity contribution is 5.85. The Labute approximate surface area is 224 Å². The quantitative estimate of drug-likeness (QED) is 0.286. The van der Waals surface area contributed by atoms with Gasteiger partial charge in [0, 0.05) is 36.6 Å². The van der Waals surface area contributed by atoms with E-state index in [4.69, 9.17) is 5.11 Å². The summed E-state index contributed by atoms with van der Waals surface area (Å²) in [6.45, 7) is 2.31. The molecule has 2 unspecified atom stereocenters. The molecule has 6 rings (SSSR count). The lowest BCUT2D eigenvalue weighted by Crippen LogP contribution is -2.42. The van der Waals surface area contributed by atoms with Gasteiger partial charge in [0.05, 0.1) is 12.2 Å². The SMILES string of the molecule is CC1Cc2cc(-c3cnn(C)c3)ccc2C(c2ccc(/C=C/C(=O)O)cc2)N1c1ccc(CC2CC2)cc1. The largest absolute Gasteiger partial charge is 0.478 e. The van der Waals surface area contributed by atoms with Crippen LogP contribution in [0.15, 0.2) is 85.2 Å². The van der Waals surface area contributed by atoms with E-state index in [0.717, 1.165) is 23.5 Å². The Morgan fingerprint density at radius 2 is 1.79 bits per heavy atom. The van der Waals surface area contributed by atoms with Crippen LogP contribution in [-0.4, -0.2) is 26.9 Å². The number of nitrogens with zero attached hydrogens (tertiary/aromatic N) is 3. The fourth-order valence-corrected chi connectivity index (χ4v) is 5.78. The maximum atomic E-state index is 11.0. The van der Waals surface area contributed by atoms with Crippen LogP contribution in [0.2, 0.25) is 0 Å². The van der Waals surface area contributed by atoms with E-state index in [1.54, 1.807) is 6.08 Å². The van der Waals surface area contributed by atoms with Crippen LogP contribution in [0.25, 0.3) is 17.2 Å². The van der Waals surface area contributed by atoms with Crippen molar-refractivity contribution in [2.45, 2.75) is 44.7 Å². The zero-order valence-corrected chi connectivity index (χ0v) is 21.9. The van der Waals surface area contributed by atoms with Gasteiger partial charge < -0.3 is 10.0 Å². The molecule has 0 amide bonds. The van der Waals surface area contributed by atoms with E-state index in [0.29, 0.717) is 6.04 Å². The van der Waals surface area contributed by atoms with E-state index in [1.807, 2.05) is 30.1 Å². The van der Waals surface area contributed by atoms with Crippen LogP contribution < -0.4 is 4.90 Å². The summed E-state index contributed by atoms with van der Waals surface area (Å²) in [6.07, 6.45) is 11.7. The van der Waals surface area contributed by atoms with Crippen LogP contribution in [0.5, 0.6) is 0 Å². The van der Waals surface area contributed by atoms with Crippen molar-refractivity contribution in [2.24, 2.45) is 13.0 Å². The Hall–Kier alpha value is -4.12. The molecule has 2 heterocycles. The average molecular weight is 504 g/mol. The van der Waals surface area contributed by atoms with Gasteiger partial charge >= 0.3 is 5.97 Å². The molecular formula is C33H33N3O2. The smallest absolute Gasteiger partial charge is 0.328 e. The van der Waals surface area contributed by atoms with Crippen molar-refractivity contribution in [1.29, 1.82) is 0 Å². The average Bonchev–Trinajstić information content (AvgIpc) is 3.63. The van der Waals surface area contributed by atoms with E-state index in [-0.39, 0.29) is 6.04 Å². The van der Waals surface area contributed by atoms with Gasteiger partial charge in [0.15, 0.2) is 0 Å². The molecule has 2 aliphatic rings. The van der Waals surface area contributed by atoms with E-state index < -0.39 is 5.97 Å². The lowest BCUT2D eigenvalue weighted by Gasteiger charge is -2.44. The number of anilines is 1. The van der Waals surface area contributed by atoms with Crippen LogP contribution in [0.4, 0.5) is 5.69 Å². The Kier molecular flexibility index (Phi) is 6.36. The number of aliphatic carboxylic acids is 1. The van der Waals surface area contributed by atoms with E-state index in [1.165, 1.54) is 58.8 Å². The third-order valence-electron chi connectivity index (χ3n) is 7.87. The van der Waals surface area contributed by atoms with Gasteiger partial charge in [0.2, 0.25) is 0 Å². The summed E-state index contributed by atoms with van der Waals surface area (Å²) >= 11 is 0. The Bertz CT molecular complexity index is 1480. The van der Waals surface area contributed by atoms with Crippen molar-refractivity contribution in [2.75, 3.05) is 4.90 Å². The molecule has 0 radical (unpaired) electrons. The number of carboxylic acids is 1. The number of carbonyl (C=O) groups is 1. The van der Waals surface area contributed by atoms with Crippen LogP contribution in [-0.2, 0) is 24.7 Å². The Morgan fingerprint density at radius 3 is 2.45 bits per heavy atom. The molecule has 0 bridgehead atoms. The van der Waals surface area contributed by atoms with Crippen LogP contribution in [0.1, 0.15) is 53.6 Å². The van der Waals surface area contributed by atoms with Crippen molar-refractivity contribution in [1.82, 2.24) is 9.78 Å². The van der Waals surface area contributed by atoms with Gasteiger partial charge in [-0.2, -0.15) is 5.10 Å². The van der Waals surface area contributed by atoms with Crippen molar-refractivity contribution in [3.8, 4) is 11.1 Å². The summed E-state index contributed by atoms with van der Waals surface area (Å²) < 4.78 is 1.84. The van der Waals surface area contributed by atoms with Crippen LogP contribution in [0, 0.1) is 5.92 Å². The van der Waals surface area contributed by atoms with Crippen molar-refractivity contribution >= 4 is 17.7 Å². The number of rotatable bonds is 7. The predicted molar refractivity (Wildman–Crippen MR) is 152 cm³/mol. The fraction of sp³-hybridized carbons (Fsp3) is 0.273. The van der Waals surface area contributed by atoms with Gasteiger partial charge in [-0.05, 0) is 90.1 Å². The third kappa shape index (κ3) is 5.01. The Balaban J connectivity index is 1.40. The maximum absolute atomic E-state index is 11.0. The standard InChI is InChI=1S/C33H33N3O2/c1-22-17-28-19-27(29-20-34-35(2)21-29)12-15-31(28)33(26-10-5-23(6-11-26)9-16-32(37)38)36(22)30-13-7-25(8-14-30)18-24-3-4-24/h5-16,19-22,24,33H,3-4,17-18H2,1-2H3,(H,37,38)/b16-9+. The molecule has 5 heteroatoms. The topological polar surface area (TPSA) is 58.4 Å². The highest BCUT2D eigenvalue weighted by Gasteiger charge is 2.34. The molecule has 0 saturated heterocycles. The molecule has 1 fully saturated rings. The van der Waals surface area contributed by atoms with Gasteiger partial charge in [-0.3, -0.25) is 4.68 Å². The summed E-state index contributed by atoms with van der Waals surface area (Å²) in [5.41, 5.74) is 9.72. The number of fused-ring (bicyclic) bond motifs is 1. The molecule has 4 aromatic rings. The van der Waals surface area contributed by atoms with Crippen LogP contribution in [0.3, 0.4) is 0 Å². The minimum atomic E-state index is -0.940. The van der Waals surface area contributed by atoms with E-state index in [9.17, 15) is 4.79 Å². The highest BCUT2D eigenvalue weighted by atomic mass is 16.4. The number of carboxylic acid groups (broad SMARTS) is 1. The van der Waals surface area contributed by atoms with E-state index in [2.05, 4.69) is 77.7 Å². The third-order valence-corrected chi connectivity index (χ3v) is 7.87. The van der Waals surface area contributed by atoms with Gasteiger partial charge in [-0.25, -0.2) is 4.79 Å². The molecule has 38 heavy (non-hydrogen) atoms. The predicted octanol–water partition coefficient (Wildman–Crippen LogP) is 6.68. The van der Waals surface area contributed by atoms with E-state index >= 15 is 0 Å². The second kappa shape index (κ2) is 9.97. The minimum absolute atomic E-state index is 0.0588. The highest BCUT2D eigenvalue weighted by Crippen LogP contribution is 2.42. The summed E-state index contributed by atoms with van der Waals surface area (Å²) in [4.78, 5) is 13.5. The molecule has 1 aromatic heterocycles. The molecular weight excluding hydrogens is 470 g/mol. The zero-order valence-electron chi connectivity index (χ0n) is 21.9. The van der Waals surface area contributed by atoms with Crippen molar-refractivity contribution in [3.05, 3.63) is 113 Å². The molecule has 2 atom stereocenters. The second-order valence-electron chi connectivity index (χ2n) is 10.8. The number of benzene rings is 3. The fourth-order valence-electron chi connectivity index (χ4n) is 5.78. The number of hydrogen-bond acceptors (Lipinski definition) is 3. The van der Waals surface area contributed by atoms with Crippen LogP contribution >= 0.6 is 0 Å². The minimum Gasteiger partial charge on any atom is -0.478 e. The second-order valence-corrected chi connectivity index (χ2v) is 10.8.